The minimum absolute atomic E-state index is 0.623. The Kier molecular flexibility index (Phi) is 17.9. The zero-order chi connectivity index (χ0) is 14.7. The molecule has 0 N–H and O–H groups in total. The molecule has 0 radical (unpaired) electrons. The highest BCUT2D eigenvalue weighted by Crippen LogP contribution is 2.13. The van der Waals surface area contributed by atoms with Crippen LogP contribution in [0, 0.1) is 5.39 Å². The lowest BCUT2D eigenvalue weighted by Crippen LogP contribution is -1.84. The summed E-state index contributed by atoms with van der Waals surface area (Å²) in [6.45, 7) is 2.91. The zero-order valence-corrected chi connectivity index (χ0v) is 13.9. The summed E-state index contributed by atoms with van der Waals surface area (Å²) in [6.07, 6.45) is 22.1. The maximum atomic E-state index is 8.31. The number of unbranched alkanes of at least 4 members (excludes halogenated alkanes) is 15. The van der Waals surface area contributed by atoms with Gasteiger partial charge in [-0.15, -0.1) is 0 Å². The molecule has 0 saturated carbocycles. The van der Waals surface area contributed by atoms with Gasteiger partial charge in [-0.1, -0.05) is 96.8 Å². The first kappa shape index (κ1) is 19.4. The Balaban J connectivity index is 2.91. The summed E-state index contributed by atoms with van der Waals surface area (Å²) in [4.78, 5) is 3.14. The summed E-state index contributed by atoms with van der Waals surface area (Å²) in [5.74, 6) is 0. The van der Waals surface area contributed by atoms with E-state index in [0.29, 0.717) is 6.54 Å². The van der Waals surface area contributed by atoms with E-state index in [1.807, 2.05) is 0 Å². The van der Waals surface area contributed by atoms with Gasteiger partial charge in [0.15, 0.2) is 0 Å². The van der Waals surface area contributed by atoms with Crippen molar-refractivity contribution in [2.45, 2.75) is 110 Å². The van der Waals surface area contributed by atoms with Crippen molar-refractivity contribution < 1.29 is 0 Å². The Morgan fingerprint density at radius 1 is 0.500 bits per heavy atom. The van der Waals surface area contributed by atoms with Crippen molar-refractivity contribution in [1.29, 1.82) is 5.39 Å². The Labute approximate surface area is 127 Å². The van der Waals surface area contributed by atoms with Crippen LogP contribution in [0.3, 0.4) is 0 Å². The van der Waals surface area contributed by atoms with E-state index in [-0.39, 0.29) is 0 Å². The summed E-state index contributed by atoms with van der Waals surface area (Å²) < 4.78 is 0. The normalized spacial score (nSPS) is 10.6. The molecule has 0 aliphatic carbocycles. The van der Waals surface area contributed by atoms with Crippen molar-refractivity contribution in [3.05, 3.63) is 4.98 Å². The van der Waals surface area contributed by atoms with Gasteiger partial charge in [0, 0.05) is 6.42 Å². The third-order valence-corrected chi connectivity index (χ3v) is 4.11. The molecule has 0 unspecified atom stereocenters. The molecule has 2 nitrogen and oxygen atoms in total. The van der Waals surface area contributed by atoms with Gasteiger partial charge < -0.3 is 0 Å². The summed E-state index contributed by atoms with van der Waals surface area (Å²) in [5.41, 5.74) is 0. The highest BCUT2D eigenvalue weighted by atomic mass is 14.8. The Morgan fingerprint density at radius 2 is 0.800 bits per heavy atom. The van der Waals surface area contributed by atoms with Crippen LogP contribution < -0.4 is 0 Å². The lowest BCUT2D eigenvalue weighted by Gasteiger charge is -2.02. The van der Waals surface area contributed by atoms with Crippen LogP contribution in [0.15, 0.2) is 0 Å². The van der Waals surface area contributed by atoms with Gasteiger partial charge in [0.05, 0.1) is 0 Å². The predicted molar refractivity (Wildman–Crippen MR) is 89.5 cm³/mol. The van der Waals surface area contributed by atoms with Crippen LogP contribution >= 0.6 is 0 Å². The van der Waals surface area contributed by atoms with E-state index in [4.69, 9.17) is 5.39 Å². The second kappa shape index (κ2) is 18.4. The highest BCUT2D eigenvalue weighted by Gasteiger charge is 1.96. The standard InChI is InChI=1S/C18H37N2/c1-2-3-4-5-6-7-8-9-10-11-12-13-14-15-16-17-18-20-19/h2-18H2,1H3/q+1. The van der Waals surface area contributed by atoms with Crippen LogP contribution in [0.25, 0.3) is 4.98 Å². The van der Waals surface area contributed by atoms with E-state index < -0.39 is 0 Å². The molecule has 0 fully saturated rings. The quantitative estimate of drug-likeness (QED) is 0.219. The van der Waals surface area contributed by atoms with Gasteiger partial charge in [0.2, 0.25) is 5.39 Å². The lowest BCUT2D eigenvalue weighted by atomic mass is 10.0. The van der Waals surface area contributed by atoms with E-state index in [2.05, 4.69) is 11.9 Å². The predicted octanol–water partition coefficient (Wildman–Crippen LogP) is 7.10. The first-order chi connectivity index (χ1) is 9.91. The molecule has 0 aliphatic rings. The number of hydrogen-bond donors (Lipinski definition) is 0. The van der Waals surface area contributed by atoms with E-state index in [9.17, 15) is 0 Å². The van der Waals surface area contributed by atoms with Crippen LogP contribution in [-0.2, 0) is 0 Å². The molecule has 0 aromatic rings. The summed E-state index contributed by atoms with van der Waals surface area (Å²) in [7, 11) is 0. The fraction of sp³-hybridized carbons (Fsp3) is 1.00. The van der Waals surface area contributed by atoms with Gasteiger partial charge in [-0.3, -0.25) is 0 Å². The first-order valence-corrected chi connectivity index (χ1v) is 9.22. The van der Waals surface area contributed by atoms with E-state index in [0.717, 1.165) is 6.42 Å². The van der Waals surface area contributed by atoms with Crippen molar-refractivity contribution in [2.24, 2.45) is 0 Å². The van der Waals surface area contributed by atoms with E-state index >= 15 is 0 Å². The van der Waals surface area contributed by atoms with Crippen LogP contribution in [0.2, 0.25) is 0 Å². The number of nitrogens with zero attached hydrogens (tertiary/aromatic N) is 2. The van der Waals surface area contributed by atoms with Gasteiger partial charge >= 0.3 is 6.54 Å². The molecule has 0 bridgehead atoms. The summed E-state index contributed by atoms with van der Waals surface area (Å²) in [5, 5.41) is 8.31. The van der Waals surface area contributed by atoms with Gasteiger partial charge in [0.25, 0.3) is 0 Å². The molecule has 0 atom stereocenters. The summed E-state index contributed by atoms with van der Waals surface area (Å²) >= 11 is 0. The zero-order valence-electron chi connectivity index (χ0n) is 13.9. The van der Waals surface area contributed by atoms with Crippen molar-refractivity contribution in [3.63, 3.8) is 0 Å². The molecule has 0 saturated heterocycles. The topological polar surface area (TPSA) is 28.1 Å². The van der Waals surface area contributed by atoms with Crippen LogP contribution in [-0.4, -0.2) is 6.54 Å². The first-order valence-electron chi connectivity index (χ1n) is 9.22. The van der Waals surface area contributed by atoms with Crippen molar-refractivity contribution in [2.75, 3.05) is 6.54 Å². The van der Waals surface area contributed by atoms with Gasteiger partial charge in [-0.25, -0.2) is 0 Å². The van der Waals surface area contributed by atoms with Crippen molar-refractivity contribution >= 4 is 0 Å². The monoisotopic (exact) mass is 281 g/mol. The van der Waals surface area contributed by atoms with Gasteiger partial charge in [0.1, 0.15) is 4.98 Å². The Hall–Kier alpha value is -0.580. The SMILES string of the molecule is CCCCCCCCCCCCCCCCCC[N+]#N. The molecular formula is C18H37N2+. The number of rotatable bonds is 16. The van der Waals surface area contributed by atoms with Crippen molar-refractivity contribution in [3.8, 4) is 0 Å². The van der Waals surface area contributed by atoms with Crippen molar-refractivity contribution in [1.82, 2.24) is 0 Å². The third-order valence-electron chi connectivity index (χ3n) is 4.11. The molecule has 20 heavy (non-hydrogen) atoms. The molecule has 2 heteroatoms. The molecule has 0 aliphatic heterocycles. The minimum Gasteiger partial charge on any atom is -0.0654 e. The minimum atomic E-state index is 0.623. The second-order valence-electron chi connectivity index (χ2n) is 6.17. The lowest BCUT2D eigenvalue weighted by molar-refractivity contribution is 0.531. The molecule has 0 rings (SSSR count). The smallest absolute Gasteiger partial charge is 0.0654 e. The summed E-state index contributed by atoms with van der Waals surface area (Å²) in [6, 6.07) is 0. The number of hydrogen-bond acceptors (Lipinski definition) is 1. The second-order valence-corrected chi connectivity index (χ2v) is 6.17. The average Bonchev–Trinajstić information content (AvgIpc) is 2.47. The van der Waals surface area contributed by atoms with Crippen LogP contribution in [0.1, 0.15) is 110 Å². The van der Waals surface area contributed by atoms with Crippen LogP contribution in [0.4, 0.5) is 0 Å². The molecule has 0 aromatic carbocycles. The van der Waals surface area contributed by atoms with Gasteiger partial charge in [-0.2, -0.15) is 0 Å². The van der Waals surface area contributed by atoms with Crippen LogP contribution in [0.5, 0.6) is 0 Å². The molecule has 0 spiro atoms. The maximum absolute atomic E-state index is 8.31. The Bertz CT molecular complexity index is 208. The molecule has 0 heterocycles. The van der Waals surface area contributed by atoms with Gasteiger partial charge in [-0.05, 0) is 6.42 Å². The number of diazo groups is 1. The van der Waals surface area contributed by atoms with E-state index in [1.54, 1.807) is 0 Å². The largest absolute Gasteiger partial charge is 0.305 e. The molecular weight excluding hydrogens is 244 g/mol. The Morgan fingerprint density at radius 3 is 1.10 bits per heavy atom. The third kappa shape index (κ3) is 17.4. The fourth-order valence-electron chi connectivity index (χ4n) is 2.73. The molecule has 0 aromatic heterocycles. The fourth-order valence-corrected chi connectivity index (χ4v) is 2.73. The highest BCUT2D eigenvalue weighted by molar-refractivity contribution is 4.54. The average molecular weight is 282 g/mol. The molecule has 118 valence electrons. The molecule has 0 amide bonds. The van der Waals surface area contributed by atoms with E-state index in [1.165, 1.54) is 96.3 Å². The maximum Gasteiger partial charge on any atom is 0.305 e.